The topological polar surface area (TPSA) is 97.0 Å². The van der Waals surface area contributed by atoms with Crippen LogP contribution in [-0.2, 0) is 23.1 Å². The highest BCUT2D eigenvalue weighted by atomic mass is 32.2. The first-order valence-electron chi connectivity index (χ1n) is 8.07. The Kier molecular flexibility index (Phi) is 4.78. The van der Waals surface area contributed by atoms with E-state index in [4.69, 9.17) is 4.42 Å². The first-order valence-corrected chi connectivity index (χ1v) is 9.51. The molecular formula is C16H21N5O3S. The van der Waals surface area contributed by atoms with Crippen LogP contribution in [0.15, 0.2) is 40.0 Å². The summed E-state index contributed by atoms with van der Waals surface area (Å²) in [4.78, 5) is 0.168. The van der Waals surface area contributed by atoms with Crippen LogP contribution in [0.4, 0.5) is 0 Å². The van der Waals surface area contributed by atoms with Gasteiger partial charge in [0.2, 0.25) is 10.0 Å². The molecule has 3 heterocycles. The normalized spacial score (nSPS) is 12.2. The zero-order valence-electron chi connectivity index (χ0n) is 14.4. The van der Waals surface area contributed by atoms with E-state index in [1.807, 2.05) is 20.0 Å². The molecule has 0 radical (unpaired) electrons. The highest BCUT2D eigenvalue weighted by Crippen LogP contribution is 2.29. The molecule has 9 heteroatoms. The molecule has 0 aliphatic rings. The van der Waals surface area contributed by atoms with E-state index in [9.17, 15) is 8.42 Å². The van der Waals surface area contributed by atoms with Gasteiger partial charge in [0.1, 0.15) is 16.3 Å². The smallest absolute Gasteiger partial charge is 0.246 e. The predicted octanol–water partition coefficient (Wildman–Crippen LogP) is 2.41. The molecule has 3 rings (SSSR count). The maximum absolute atomic E-state index is 13.1. The number of furan rings is 1. The summed E-state index contributed by atoms with van der Waals surface area (Å²) in [6, 6.07) is 3.27. The Hall–Kier alpha value is -2.39. The number of hydrogen-bond donors (Lipinski definition) is 1. The standard InChI is InChI=1S/C16H21N5O3S/c1-4-20-10-13(9-18-20)11-21(5-2)25(22,23)16-8-15(24-12(16)3)14-6-7-17-19-14/h6-10H,4-5,11H2,1-3H3,(H,17,19). The number of rotatable bonds is 7. The van der Waals surface area contributed by atoms with E-state index in [2.05, 4.69) is 15.3 Å². The van der Waals surface area contributed by atoms with Crippen LogP contribution in [0.1, 0.15) is 25.2 Å². The van der Waals surface area contributed by atoms with Crippen LogP contribution in [0.5, 0.6) is 0 Å². The Labute approximate surface area is 146 Å². The number of hydrogen-bond acceptors (Lipinski definition) is 5. The van der Waals surface area contributed by atoms with Crippen molar-refractivity contribution in [3.63, 3.8) is 0 Å². The van der Waals surface area contributed by atoms with Gasteiger partial charge in [0.05, 0.1) is 6.20 Å². The van der Waals surface area contributed by atoms with Crippen LogP contribution in [0.2, 0.25) is 0 Å². The summed E-state index contributed by atoms with van der Waals surface area (Å²) in [7, 11) is -3.68. The van der Waals surface area contributed by atoms with E-state index in [-0.39, 0.29) is 11.4 Å². The van der Waals surface area contributed by atoms with Gasteiger partial charge in [-0.15, -0.1) is 0 Å². The molecule has 8 nitrogen and oxygen atoms in total. The monoisotopic (exact) mass is 363 g/mol. The molecule has 0 fully saturated rings. The summed E-state index contributed by atoms with van der Waals surface area (Å²) in [6.45, 7) is 6.80. The number of aromatic amines is 1. The molecule has 0 unspecified atom stereocenters. The molecule has 0 atom stereocenters. The van der Waals surface area contributed by atoms with E-state index < -0.39 is 10.0 Å². The van der Waals surface area contributed by atoms with Gasteiger partial charge in [-0.05, 0) is 19.9 Å². The molecule has 1 N–H and O–H groups in total. The summed E-state index contributed by atoms with van der Waals surface area (Å²) >= 11 is 0. The van der Waals surface area contributed by atoms with E-state index in [0.717, 1.165) is 12.1 Å². The Morgan fingerprint density at radius 1 is 1.36 bits per heavy atom. The average Bonchev–Trinajstić information content (AvgIpc) is 3.32. The van der Waals surface area contributed by atoms with Crippen molar-refractivity contribution in [3.8, 4) is 11.5 Å². The van der Waals surface area contributed by atoms with Crippen molar-refractivity contribution in [2.75, 3.05) is 6.54 Å². The Balaban J connectivity index is 1.91. The van der Waals surface area contributed by atoms with Crippen molar-refractivity contribution in [2.24, 2.45) is 0 Å². The molecule has 0 aliphatic carbocycles. The maximum atomic E-state index is 13.1. The average molecular weight is 363 g/mol. The van der Waals surface area contributed by atoms with E-state index >= 15 is 0 Å². The van der Waals surface area contributed by atoms with Crippen molar-refractivity contribution in [1.29, 1.82) is 0 Å². The van der Waals surface area contributed by atoms with E-state index in [0.29, 0.717) is 23.8 Å². The maximum Gasteiger partial charge on any atom is 0.246 e. The molecule has 0 aliphatic heterocycles. The molecule has 3 aromatic heterocycles. The Morgan fingerprint density at radius 2 is 2.16 bits per heavy atom. The van der Waals surface area contributed by atoms with Crippen molar-refractivity contribution in [2.45, 2.75) is 38.8 Å². The van der Waals surface area contributed by atoms with Crippen LogP contribution >= 0.6 is 0 Å². The highest BCUT2D eigenvalue weighted by Gasteiger charge is 2.28. The lowest BCUT2D eigenvalue weighted by Gasteiger charge is -2.19. The summed E-state index contributed by atoms with van der Waals surface area (Å²) in [6.07, 6.45) is 5.14. The molecule has 0 saturated heterocycles. The Morgan fingerprint density at radius 3 is 2.76 bits per heavy atom. The third kappa shape index (κ3) is 3.38. The van der Waals surface area contributed by atoms with Crippen molar-refractivity contribution < 1.29 is 12.8 Å². The minimum atomic E-state index is -3.68. The fourth-order valence-electron chi connectivity index (χ4n) is 2.62. The molecule has 0 saturated carbocycles. The highest BCUT2D eigenvalue weighted by molar-refractivity contribution is 7.89. The SMILES string of the molecule is CCN(Cc1cnn(CC)c1)S(=O)(=O)c1cc(-c2ccn[nH]2)oc1C. The van der Waals surface area contributed by atoms with Gasteiger partial charge in [-0.3, -0.25) is 9.78 Å². The molecule has 0 aromatic carbocycles. The summed E-state index contributed by atoms with van der Waals surface area (Å²) in [5.41, 5.74) is 1.49. The lowest BCUT2D eigenvalue weighted by Crippen LogP contribution is -2.30. The zero-order chi connectivity index (χ0) is 18.0. The number of nitrogens with zero attached hydrogens (tertiary/aromatic N) is 4. The molecule has 3 aromatic rings. The van der Waals surface area contributed by atoms with Gasteiger partial charge in [-0.2, -0.15) is 14.5 Å². The quantitative estimate of drug-likeness (QED) is 0.695. The van der Waals surface area contributed by atoms with Gasteiger partial charge in [0.15, 0.2) is 5.76 Å². The van der Waals surface area contributed by atoms with Crippen LogP contribution in [0.3, 0.4) is 0 Å². The largest absolute Gasteiger partial charge is 0.458 e. The third-order valence-corrected chi connectivity index (χ3v) is 6.01. The van der Waals surface area contributed by atoms with Crippen LogP contribution < -0.4 is 0 Å². The fraction of sp³-hybridized carbons (Fsp3) is 0.375. The van der Waals surface area contributed by atoms with Crippen molar-refractivity contribution in [3.05, 3.63) is 42.0 Å². The van der Waals surface area contributed by atoms with Crippen LogP contribution in [-0.4, -0.2) is 39.2 Å². The molecule has 0 amide bonds. The van der Waals surface area contributed by atoms with E-state index in [1.54, 1.807) is 30.1 Å². The van der Waals surface area contributed by atoms with Crippen LogP contribution in [0.25, 0.3) is 11.5 Å². The number of H-pyrrole nitrogens is 1. The van der Waals surface area contributed by atoms with Crippen LogP contribution in [0, 0.1) is 6.92 Å². The number of aromatic nitrogens is 4. The fourth-order valence-corrected chi connectivity index (χ4v) is 4.22. The number of sulfonamides is 1. The van der Waals surface area contributed by atoms with Crippen molar-refractivity contribution in [1.82, 2.24) is 24.3 Å². The minimum Gasteiger partial charge on any atom is -0.458 e. The molecular weight excluding hydrogens is 342 g/mol. The second-order valence-electron chi connectivity index (χ2n) is 5.64. The molecule has 134 valence electrons. The lowest BCUT2D eigenvalue weighted by atomic mass is 10.3. The second kappa shape index (κ2) is 6.85. The predicted molar refractivity (Wildman–Crippen MR) is 92.2 cm³/mol. The molecule has 0 bridgehead atoms. The third-order valence-electron chi connectivity index (χ3n) is 3.98. The first-order chi connectivity index (χ1) is 12.0. The van der Waals surface area contributed by atoms with Gasteiger partial charge in [-0.25, -0.2) is 8.42 Å². The second-order valence-corrected chi connectivity index (χ2v) is 7.54. The van der Waals surface area contributed by atoms with E-state index in [1.165, 1.54) is 10.4 Å². The van der Waals surface area contributed by atoms with Gasteiger partial charge >= 0.3 is 0 Å². The molecule has 25 heavy (non-hydrogen) atoms. The van der Waals surface area contributed by atoms with Crippen molar-refractivity contribution >= 4 is 10.0 Å². The summed E-state index contributed by atoms with van der Waals surface area (Å²) in [5, 5.41) is 10.8. The summed E-state index contributed by atoms with van der Waals surface area (Å²) < 4.78 is 34.9. The Bertz CT molecular complexity index is 940. The van der Waals surface area contributed by atoms with Gasteiger partial charge < -0.3 is 4.42 Å². The molecule has 0 spiro atoms. The minimum absolute atomic E-state index is 0.168. The first kappa shape index (κ1) is 17.4. The van der Waals surface area contributed by atoms with Gasteiger partial charge in [0.25, 0.3) is 0 Å². The van der Waals surface area contributed by atoms with Gasteiger partial charge in [0, 0.05) is 43.7 Å². The zero-order valence-corrected chi connectivity index (χ0v) is 15.2. The number of aryl methyl sites for hydroxylation is 2. The lowest BCUT2D eigenvalue weighted by molar-refractivity contribution is 0.421. The summed E-state index contributed by atoms with van der Waals surface area (Å²) in [5.74, 6) is 0.802. The number of nitrogens with one attached hydrogen (secondary N) is 1. The van der Waals surface area contributed by atoms with Gasteiger partial charge in [-0.1, -0.05) is 6.92 Å².